The lowest BCUT2D eigenvalue weighted by atomic mass is 10.4. The first-order valence-corrected chi connectivity index (χ1v) is 3.97. The van der Waals surface area contributed by atoms with Crippen LogP contribution in [-0.2, 0) is 0 Å². The van der Waals surface area contributed by atoms with E-state index < -0.39 is 0 Å². The van der Waals surface area contributed by atoms with Crippen molar-refractivity contribution in [3.63, 3.8) is 0 Å². The third-order valence-corrected chi connectivity index (χ3v) is 1.47. The first-order valence-electron chi connectivity index (χ1n) is 3.97. The molecule has 0 saturated heterocycles. The molecule has 0 spiro atoms. The van der Waals surface area contributed by atoms with Gasteiger partial charge in [0, 0.05) is 0 Å². The maximum atomic E-state index is 3.06. The monoisotopic (exact) mass is 139 g/mol. The van der Waals surface area contributed by atoms with Gasteiger partial charge in [0.15, 0.2) is 0 Å². The van der Waals surface area contributed by atoms with Crippen LogP contribution in [-0.4, -0.2) is 24.5 Å². The minimum Gasteiger partial charge on any atom is -0.293 e. The second-order valence-electron chi connectivity index (χ2n) is 2.30. The molecule has 0 atom stereocenters. The highest BCUT2D eigenvalue weighted by atomic mass is 15.1. The summed E-state index contributed by atoms with van der Waals surface area (Å²) in [6, 6.07) is 0. The molecule has 0 aliphatic carbocycles. The minimum atomic E-state index is 0.931. The van der Waals surface area contributed by atoms with E-state index in [0.717, 1.165) is 13.1 Å². The topological polar surface area (TPSA) is 3.24 Å². The molecule has 0 aromatic heterocycles. The van der Waals surface area contributed by atoms with E-state index in [0.29, 0.717) is 0 Å². The fourth-order valence-corrected chi connectivity index (χ4v) is 0.856. The molecule has 0 radical (unpaired) electrons. The lowest BCUT2D eigenvalue weighted by molar-refractivity contribution is 0.324. The lowest BCUT2D eigenvalue weighted by Gasteiger charge is -2.15. The third-order valence-electron chi connectivity index (χ3n) is 1.47. The van der Waals surface area contributed by atoms with Gasteiger partial charge >= 0.3 is 0 Å². The molecule has 58 valence electrons. The molecule has 0 unspecified atom stereocenters. The van der Waals surface area contributed by atoms with Crippen LogP contribution < -0.4 is 0 Å². The fourth-order valence-electron chi connectivity index (χ4n) is 0.856. The van der Waals surface area contributed by atoms with E-state index in [9.17, 15) is 0 Å². The Kier molecular flexibility index (Phi) is 6.32. The van der Waals surface area contributed by atoms with Crippen LogP contribution in [0.15, 0.2) is 0 Å². The molecule has 0 fully saturated rings. The molecule has 0 aromatic carbocycles. The van der Waals surface area contributed by atoms with Gasteiger partial charge in [-0.15, -0.1) is 5.92 Å². The maximum absolute atomic E-state index is 3.06. The highest BCUT2D eigenvalue weighted by Crippen LogP contribution is 1.88. The van der Waals surface area contributed by atoms with Crippen LogP contribution in [0.1, 0.15) is 27.2 Å². The lowest BCUT2D eigenvalue weighted by Crippen LogP contribution is -2.24. The quantitative estimate of drug-likeness (QED) is 0.536. The summed E-state index contributed by atoms with van der Waals surface area (Å²) in [4.78, 5) is 2.34. The van der Waals surface area contributed by atoms with E-state index in [2.05, 4.69) is 30.6 Å². The Hall–Kier alpha value is -0.480. The van der Waals surface area contributed by atoms with Crippen molar-refractivity contribution in [3.8, 4) is 11.8 Å². The molecule has 1 nitrogen and oxygen atoms in total. The van der Waals surface area contributed by atoms with Crippen LogP contribution in [0, 0.1) is 11.8 Å². The van der Waals surface area contributed by atoms with E-state index >= 15 is 0 Å². The van der Waals surface area contributed by atoms with Gasteiger partial charge in [0.25, 0.3) is 0 Å². The number of rotatable bonds is 4. The van der Waals surface area contributed by atoms with E-state index in [4.69, 9.17) is 0 Å². The van der Waals surface area contributed by atoms with Gasteiger partial charge < -0.3 is 0 Å². The molecule has 0 aliphatic heterocycles. The predicted molar refractivity (Wildman–Crippen MR) is 45.9 cm³/mol. The van der Waals surface area contributed by atoms with Crippen molar-refractivity contribution >= 4 is 0 Å². The normalized spacial score (nSPS) is 9.20. The second-order valence-corrected chi connectivity index (χ2v) is 2.30. The average molecular weight is 139 g/mol. The van der Waals surface area contributed by atoms with Crippen molar-refractivity contribution in [2.45, 2.75) is 27.2 Å². The Labute approximate surface area is 64.4 Å². The summed E-state index contributed by atoms with van der Waals surface area (Å²) >= 11 is 0. The van der Waals surface area contributed by atoms with Crippen LogP contribution in [0.5, 0.6) is 0 Å². The number of nitrogens with zero attached hydrogens (tertiary/aromatic N) is 1. The largest absolute Gasteiger partial charge is 0.293 e. The molecule has 0 heterocycles. The van der Waals surface area contributed by atoms with E-state index in [1.54, 1.807) is 0 Å². The molecule has 0 bridgehead atoms. The van der Waals surface area contributed by atoms with Crippen LogP contribution >= 0.6 is 0 Å². The Morgan fingerprint density at radius 1 is 1.30 bits per heavy atom. The molecule has 0 N–H and O–H groups in total. The van der Waals surface area contributed by atoms with Gasteiger partial charge in [-0.05, 0) is 26.4 Å². The van der Waals surface area contributed by atoms with Gasteiger partial charge in [-0.3, -0.25) is 4.90 Å². The van der Waals surface area contributed by atoms with Crippen LogP contribution in [0.4, 0.5) is 0 Å². The number of hydrogen-bond donors (Lipinski definition) is 0. The second kappa shape index (κ2) is 6.64. The van der Waals surface area contributed by atoms with Gasteiger partial charge in [0.05, 0.1) is 6.54 Å². The van der Waals surface area contributed by atoms with Gasteiger partial charge in [0.2, 0.25) is 0 Å². The summed E-state index contributed by atoms with van der Waals surface area (Å²) in [5.41, 5.74) is 0. The zero-order valence-electron chi connectivity index (χ0n) is 7.28. The van der Waals surface area contributed by atoms with Crippen molar-refractivity contribution in [1.82, 2.24) is 4.90 Å². The Bertz CT molecular complexity index is 118. The summed E-state index contributed by atoms with van der Waals surface area (Å²) in [5.74, 6) is 5.96. The van der Waals surface area contributed by atoms with Crippen molar-refractivity contribution < 1.29 is 0 Å². The molecule has 0 rings (SSSR count). The van der Waals surface area contributed by atoms with E-state index in [-0.39, 0.29) is 0 Å². The van der Waals surface area contributed by atoms with E-state index in [1.165, 1.54) is 13.0 Å². The number of hydrogen-bond acceptors (Lipinski definition) is 1. The minimum absolute atomic E-state index is 0.931. The summed E-state index contributed by atoms with van der Waals surface area (Å²) < 4.78 is 0. The Balaban J connectivity index is 3.45. The summed E-state index contributed by atoms with van der Waals surface area (Å²) in [6.45, 7) is 9.48. The molecular formula is C9H17N. The molecular weight excluding hydrogens is 122 g/mol. The Morgan fingerprint density at radius 2 is 2.00 bits per heavy atom. The molecule has 0 aliphatic rings. The highest BCUT2D eigenvalue weighted by Gasteiger charge is 1.95. The summed E-state index contributed by atoms with van der Waals surface area (Å²) in [5, 5.41) is 0. The summed E-state index contributed by atoms with van der Waals surface area (Å²) in [7, 11) is 0. The van der Waals surface area contributed by atoms with Gasteiger partial charge in [-0.1, -0.05) is 19.8 Å². The maximum Gasteiger partial charge on any atom is 0.0601 e. The van der Waals surface area contributed by atoms with Crippen molar-refractivity contribution in [2.24, 2.45) is 0 Å². The van der Waals surface area contributed by atoms with E-state index in [1.807, 2.05) is 6.92 Å². The molecule has 0 amide bonds. The average Bonchev–Trinajstić information content (AvgIpc) is 1.98. The zero-order chi connectivity index (χ0) is 7.82. The molecule has 10 heavy (non-hydrogen) atoms. The first-order chi connectivity index (χ1) is 4.85. The smallest absolute Gasteiger partial charge is 0.0601 e. The Morgan fingerprint density at radius 3 is 2.40 bits per heavy atom. The van der Waals surface area contributed by atoms with Crippen LogP contribution in [0.2, 0.25) is 0 Å². The van der Waals surface area contributed by atoms with Crippen LogP contribution in [0.25, 0.3) is 0 Å². The fraction of sp³-hybridized carbons (Fsp3) is 0.778. The van der Waals surface area contributed by atoms with Crippen molar-refractivity contribution in [2.75, 3.05) is 19.6 Å². The molecule has 0 saturated carbocycles. The van der Waals surface area contributed by atoms with Crippen molar-refractivity contribution in [1.29, 1.82) is 0 Å². The highest BCUT2D eigenvalue weighted by molar-refractivity contribution is 4.97. The predicted octanol–water partition coefficient (Wildman–Crippen LogP) is 1.74. The first kappa shape index (κ1) is 9.52. The van der Waals surface area contributed by atoms with Crippen molar-refractivity contribution in [3.05, 3.63) is 0 Å². The van der Waals surface area contributed by atoms with Crippen LogP contribution in [0.3, 0.4) is 0 Å². The molecule has 0 aromatic rings. The SMILES string of the molecule is CC#CCN(CC)CCC. The van der Waals surface area contributed by atoms with Gasteiger partial charge in [-0.25, -0.2) is 0 Å². The third kappa shape index (κ3) is 4.40. The zero-order valence-corrected chi connectivity index (χ0v) is 7.28. The standard InChI is InChI=1S/C9H17N/c1-4-7-9-10(6-3)8-5-2/h5-6,8-9H2,1-3H3. The van der Waals surface area contributed by atoms with Gasteiger partial charge in [0.1, 0.15) is 0 Å². The summed E-state index contributed by atoms with van der Waals surface area (Å²) in [6.07, 6.45) is 1.22. The molecule has 1 heteroatoms. The van der Waals surface area contributed by atoms with Gasteiger partial charge in [-0.2, -0.15) is 0 Å².